The Kier molecular flexibility index (Phi) is 6.16. The summed E-state index contributed by atoms with van der Waals surface area (Å²) >= 11 is 0. The van der Waals surface area contributed by atoms with Crippen molar-refractivity contribution in [2.24, 2.45) is 0 Å². The molecule has 2 N–H and O–H groups in total. The number of pyridine rings is 1. The van der Waals surface area contributed by atoms with Crippen molar-refractivity contribution in [2.45, 2.75) is 6.42 Å². The molecule has 0 aliphatic carbocycles. The Labute approximate surface area is 161 Å². The summed E-state index contributed by atoms with van der Waals surface area (Å²) in [5.41, 5.74) is 1.90. The first-order chi connectivity index (χ1) is 13.6. The lowest BCUT2D eigenvalue weighted by atomic mass is 10.1. The van der Waals surface area contributed by atoms with Crippen molar-refractivity contribution in [1.82, 2.24) is 4.98 Å². The second kappa shape index (κ2) is 8.94. The summed E-state index contributed by atoms with van der Waals surface area (Å²) in [6.45, 7) is 0.683. The maximum absolute atomic E-state index is 13.2. The molecule has 0 unspecified atom stereocenters. The SMILES string of the molecule is COc1ccccc1CCNc1ccc(NC(=O)c2ccc(F)c(F)c2)nc1. The molecule has 0 aliphatic rings. The molecule has 0 radical (unpaired) electrons. The molecule has 5 nitrogen and oxygen atoms in total. The molecular formula is C21H19F2N3O2. The molecule has 0 saturated carbocycles. The van der Waals surface area contributed by atoms with Crippen molar-refractivity contribution < 1.29 is 18.3 Å². The number of nitrogens with zero attached hydrogens (tertiary/aromatic N) is 1. The number of carbonyl (C=O) groups excluding carboxylic acids is 1. The van der Waals surface area contributed by atoms with E-state index in [4.69, 9.17) is 4.74 Å². The number of halogens is 2. The van der Waals surface area contributed by atoms with Crippen LogP contribution in [0.2, 0.25) is 0 Å². The van der Waals surface area contributed by atoms with Crippen molar-refractivity contribution in [3.8, 4) is 5.75 Å². The highest BCUT2D eigenvalue weighted by molar-refractivity contribution is 6.03. The highest BCUT2D eigenvalue weighted by Gasteiger charge is 2.10. The number of amides is 1. The largest absolute Gasteiger partial charge is 0.496 e. The molecule has 0 spiro atoms. The molecule has 0 aliphatic heterocycles. The molecule has 144 valence electrons. The first kappa shape index (κ1) is 19.3. The zero-order valence-electron chi connectivity index (χ0n) is 15.2. The van der Waals surface area contributed by atoms with Crippen LogP contribution in [0.1, 0.15) is 15.9 Å². The number of rotatable bonds is 7. The van der Waals surface area contributed by atoms with Crippen LogP contribution in [0.3, 0.4) is 0 Å². The Morgan fingerprint density at radius 3 is 2.61 bits per heavy atom. The van der Waals surface area contributed by atoms with E-state index in [0.717, 1.165) is 35.6 Å². The lowest BCUT2D eigenvalue weighted by molar-refractivity contribution is 0.102. The number of para-hydroxylation sites is 1. The van der Waals surface area contributed by atoms with Crippen LogP contribution in [0.4, 0.5) is 20.3 Å². The van der Waals surface area contributed by atoms with Gasteiger partial charge in [0, 0.05) is 12.1 Å². The van der Waals surface area contributed by atoms with E-state index in [1.807, 2.05) is 24.3 Å². The summed E-state index contributed by atoms with van der Waals surface area (Å²) < 4.78 is 31.5. The lowest BCUT2D eigenvalue weighted by Crippen LogP contribution is -2.13. The van der Waals surface area contributed by atoms with Gasteiger partial charge in [-0.1, -0.05) is 18.2 Å². The Balaban J connectivity index is 1.54. The first-order valence-electron chi connectivity index (χ1n) is 8.65. The predicted octanol–water partition coefficient (Wildman–Crippen LogP) is 4.28. The van der Waals surface area contributed by atoms with E-state index < -0.39 is 17.5 Å². The Morgan fingerprint density at radius 2 is 1.89 bits per heavy atom. The van der Waals surface area contributed by atoms with Gasteiger partial charge in [0.2, 0.25) is 0 Å². The smallest absolute Gasteiger partial charge is 0.256 e. The highest BCUT2D eigenvalue weighted by atomic mass is 19.2. The van der Waals surface area contributed by atoms with Crippen LogP contribution >= 0.6 is 0 Å². The normalized spacial score (nSPS) is 10.4. The molecule has 7 heteroatoms. The van der Waals surface area contributed by atoms with Crippen LogP contribution in [-0.4, -0.2) is 24.5 Å². The maximum atomic E-state index is 13.2. The summed E-state index contributed by atoms with van der Waals surface area (Å²) in [4.78, 5) is 16.2. The second-order valence-electron chi connectivity index (χ2n) is 6.00. The van der Waals surface area contributed by atoms with E-state index in [1.165, 1.54) is 6.07 Å². The van der Waals surface area contributed by atoms with E-state index >= 15 is 0 Å². The summed E-state index contributed by atoms with van der Waals surface area (Å²) in [7, 11) is 1.64. The molecule has 1 aromatic heterocycles. The van der Waals surface area contributed by atoms with Gasteiger partial charge >= 0.3 is 0 Å². The third kappa shape index (κ3) is 4.82. The Morgan fingerprint density at radius 1 is 1.07 bits per heavy atom. The maximum Gasteiger partial charge on any atom is 0.256 e. The van der Waals surface area contributed by atoms with Gasteiger partial charge in [-0.25, -0.2) is 13.8 Å². The van der Waals surface area contributed by atoms with E-state index in [-0.39, 0.29) is 5.56 Å². The molecule has 2 aromatic carbocycles. The molecule has 28 heavy (non-hydrogen) atoms. The zero-order chi connectivity index (χ0) is 19.9. The third-order valence-electron chi connectivity index (χ3n) is 4.10. The van der Waals surface area contributed by atoms with Crippen LogP contribution in [-0.2, 0) is 6.42 Å². The third-order valence-corrected chi connectivity index (χ3v) is 4.10. The van der Waals surface area contributed by atoms with Crippen molar-refractivity contribution in [3.63, 3.8) is 0 Å². The average Bonchev–Trinajstić information content (AvgIpc) is 2.71. The van der Waals surface area contributed by atoms with Crippen LogP contribution in [0.25, 0.3) is 0 Å². The highest BCUT2D eigenvalue weighted by Crippen LogP contribution is 2.18. The van der Waals surface area contributed by atoms with Gasteiger partial charge in [-0.15, -0.1) is 0 Å². The number of hydrogen-bond acceptors (Lipinski definition) is 4. The number of benzene rings is 2. The van der Waals surface area contributed by atoms with E-state index in [9.17, 15) is 13.6 Å². The molecular weight excluding hydrogens is 364 g/mol. The summed E-state index contributed by atoms with van der Waals surface area (Å²) in [5.74, 6) is -1.49. The molecule has 1 heterocycles. The number of aromatic nitrogens is 1. The minimum Gasteiger partial charge on any atom is -0.496 e. The molecule has 0 fully saturated rings. The topological polar surface area (TPSA) is 63.2 Å². The molecule has 0 bridgehead atoms. The van der Waals surface area contributed by atoms with E-state index in [2.05, 4.69) is 15.6 Å². The molecule has 0 atom stereocenters. The first-order valence-corrected chi connectivity index (χ1v) is 8.65. The van der Waals surface area contributed by atoms with Gasteiger partial charge in [0.1, 0.15) is 11.6 Å². The van der Waals surface area contributed by atoms with Gasteiger partial charge in [-0.3, -0.25) is 4.79 Å². The Hall–Kier alpha value is -3.48. The van der Waals surface area contributed by atoms with Gasteiger partial charge in [0.15, 0.2) is 11.6 Å². The number of nitrogens with one attached hydrogen (secondary N) is 2. The Bertz CT molecular complexity index is 962. The molecule has 3 aromatic rings. The summed E-state index contributed by atoms with van der Waals surface area (Å²) in [5, 5.41) is 5.79. The van der Waals surface area contributed by atoms with E-state index in [1.54, 1.807) is 25.4 Å². The van der Waals surface area contributed by atoms with Crippen LogP contribution in [0.5, 0.6) is 5.75 Å². The standard InChI is InChI=1S/C21H19F2N3O2/c1-28-19-5-3-2-4-14(19)10-11-24-16-7-9-20(25-13-16)26-21(27)15-6-8-17(22)18(23)12-15/h2-9,12-13,24H,10-11H2,1H3,(H,25,26,27). The second-order valence-corrected chi connectivity index (χ2v) is 6.00. The summed E-state index contributed by atoms with van der Waals surface area (Å²) in [6.07, 6.45) is 2.36. The van der Waals surface area contributed by atoms with Crippen molar-refractivity contribution in [1.29, 1.82) is 0 Å². The van der Waals surface area contributed by atoms with Crippen molar-refractivity contribution in [3.05, 3.63) is 83.6 Å². The fourth-order valence-corrected chi connectivity index (χ4v) is 2.65. The lowest BCUT2D eigenvalue weighted by Gasteiger charge is -2.10. The fraction of sp³-hybridized carbons (Fsp3) is 0.143. The van der Waals surface area contributed by atoms with Gasteiger partial charge in [-0.2, -0.15) is 0 Å². The number of ether oxygens (including phenoxy) is 1. The zero-order valence-corrected chi connectivity index (χ0v) is 15.2. The summed E-state index contributed by atoms with van der Waals surface area (Å²) in [6, 6.07) is 14.2. The quantitative estimate of drug-likeness (QED) is 0.639. The van der Waals surface area contributed by atoms with Crippen molar-refractivity contribution >= 4 is 17.4 Å². The van der Waals surface area contributed by atoms with Gasteiger partial charge in [-0.05, 0) is 48.4 Å². The average molecular weight is 383 g/mol. The van der Waals surface area contributed by atoms with Crippen LogP contribution < -0.4 is 15.4 Å². The molecule has 3 rings (SSSR count). The number of carbonyl (C=O) groups is 1. The monoisotopic (exact) mass is 383 g/mol. The van der Waals surface area contributed by atoms with Gasteiger partial charge in [0.25, 0.3) is 5.91 Å². The number of methoxy groups -OCH3 is 1. The number of anilines is 2. The van der Waals surface area contributed by atoms with Crippen LogP contribution in [0, 0.1) is 11.6 Å². The number of hydrogen-bond donors (Lipinski definition) is 2. The molecule has 0 saturated heterocycles. The van der Waals surface area contributed by atoms with E-state index in [0.29, 0.717) is 12.4 Å². The predicted molar refractivity (Wildman–Crippen MR) is 104 cm³/mol. The molecule has 1 amide bonds. The van der Waals surface area contributed by atoms with Crippen molar-refractivity contribution in [2.75, 3.05) is 24.3 Å². The van der Waals surface area contributed by atoms with Gasteiger partial charge in [0.05, 0.1) is 19.0 Å². The minimum atomic E-state index is -1.07. The van der Waals surface area contributed by atoms with Gasteiger partial charge < -0.3 is 15.4 Å². The minimum absolute atomic E-state index is 0.0136. The fourth-order valence-electron chi connectivity index (χ4n) is 2.65. The van der Waals surface area contributed by atoms with Crippen LogP contribution in [0.15, 0.2) is 60.8 Å².